The first kappa shape index (κ1) is 27.9. The van der Waals surface area contributed by atoms with Crippen LogP contribution in [0, 0.1) is 0 Å². The number of hydrogen-bond acceptors (Lipinski definition) is 0. The third-order valence-electron chi connectivity index (χ3n) is 1.50. The van der Waals surface area contributed by atoms with E-state index in [1.54, 1.807) is 0 Å². The third kappa shape index (κ3) is 44.9. The zero-order valence-corrected chi connectivity index (χ0v) is 21.1. The van der Waals surface area contributed by atoms with Crippen molar-refractivity contribution >= 4 is 36.2 Å². The van der Waals surface area contributed by atoms with Crippen molar-refractivity contribution in [2.75, 3.05) is 0 Å². The van der Waals surface area contributed by atoms with Gasteiger partial charge in [-0.05, 0) is 20.6 Å². The summed E-state index contributed by atoms with van der Waals surface area (Å²) in [5.74, 6) is 0. The summed E-state index contributed by atoms with van der Waals surface area (Å²) >= 11 is -0.106. The molecule has 0 aromatic heterocycles. The van der Waals surface area contributed by atoms with Gasteiger partial charge in [-0.25, -0.2) is 0 Å². The SMILES string of the molecule is CC(C)(C)PC(C)(C)C.CC(C)(C)PC(C)(C)C.[Cl][Pd][Cl].[H+].[H+]. The molecule has 0 aromatic rings. The fourth-order valence-corrected chi connectivity index (χ4v) is 6.75. The van der Waals surface area contributed by atoms with E-state index in [-0.39, 0.29) is 18.8 Å². The first-order valence-electron chi connectivity index (χ1n) is 7.24. The fraction of sp³-hybridized carbons (Fsp3) is 1.00. The summed E-state index contributed by atoms with van der Waals surface area (Å²) in [7, 11) is 11.7. The Hall–Kier alpha value is 2.10. The molecule has 0 unspecified atom stereocenters. The molecule has 136 valence electrons. The molecular formula is C16H40Cl2P2Pd+2. The fourth-order valence-electron chi connectivity index (χ4n) is 2.25. The topological polar surface area (TPSA) is 0 Å². The molecule has 0 aliphatic carbocycles. The Bertz CT molecular complexity index is 203. The molecule has 21 heavy (non-hydrogen) atoms. The standard InChI is InChI=1S/2C8H19P.2ClH.Pd/c2*1-7(2,3)9-8(4,5)6;;;/h2*9H,1-6H3;2*1H;/q;;;;+2. The average molecular weight is 472 g/mol. The Morgan fingerprint density at radius 2 is 0.619 bits per heavy atom. The van der Waals surface area contributed by atoms with Crippen LogP contribution >= 0.6 is 36.2 Å². The second-order valence-electron chi connectivity index (χ2n) is 9.30. The van der Waals surface area contributed by atoms with Crippen molar-refractivity contribution in [2.24, 2.45) is 0 Å². The van der Waals surface area contributed by atoms with Gasteiger partial charge in [-0.15, -0.1) is 17.2 Å². The number of rotatable bonds is 0. The van der Waals surface area contributed by atoms with Crippen LogP contribution in [0.5, 0.6) is 0 Å². The maximum atomic E-state index is 4.81. The molecule has 0 radical (unpaired) electrons. The van der Waals surface area contributed by atoms with Crippen LogP contribution in [0.4, 0.5) is 0 Å². The smallest absolute Gasteiger partial charge is 1.00 e. The molecule has 0 spiro atoms. The monoisotopic (exact) mass is 470 g/mol. The Balaban J connectivity index is -0.0000000746. The van der Waals surface area contributed by atoms with E-state index in [0.29, 0.717) is 20.6 Å². The van der Waals surface area contributed by atoms with E-state index < -0.39 is 0 Å². The van der Waals surface area contributed by atoms with E-state index in [1.165, 1.54) is 0 Å². The predicted octanol–water partition coefficient (Wildman–Crippen LogP) is 8.13. The van der Waals surface area contributed by atoms with Crippen molar-refractivity contribution in [3.8, 4) is 0 Å². The largest absolute Gasteiger partial charge is 1.00 e. The van der Waals surface area contributed by atoms with Crippen LogP contribution < -0.4 is 0 Å². The van der Waals surface area contributed by atoms with Gasteiger partial charge in [-0.2, -0.15) is 0 Å². The number of hydrogen-bond donors (Lipinski definition) is 0. The van der Waals surface area contributed by atoms with E-state index in [0.717, 1.165) is 17.2 Å². The maximum Gasteiger partial charge on any atom is 1.00 e. The second kappa shape index (κ2) is 11.6. The van der Waals surface area contributed by atoms with Crippen LogP contribution in [0.1, 0.15) is 85.9 Å². The molecule has 0 nitrogen and oxygen atoms in total. The first-order valence-corrected chi connectivity index (χ1v) is 13.2. The molecular weight excluding hydrogens is 431 g/mol. The molecule has 0 aliphatic rings. The van der Waals surface area contributed by atoms with Gasteiger partial charge >= 0.3 is 37.9 Å². The normalized spacial score (nSPS) is 13.0. The van der Waals surface area contributed by atoms with Crippen LogP contribution in [0.15, 0.2) is 0 Å². The molecule has 5 heteroatoms. The van der Waals surface area contributed by atoms with Crippen molar-refractivity contribution in [3.05, 3.63) is 0 Å². The second-order valence-corrected chi connectivity index (χ2v) is 18.2. The van der Waals surface area contributed by atoms with Gasteiger partial charge < -0.3 is 0 Å². The Morgan fingerprint density at radius 1 is 0.524 bits per heavy atom. The van der Waals surface area contributed by atoms with E-state index in [2.05, 4.69) is 83.1 Å². The quantitative estimate of drug-likeness (QED) is 0.247. The summed E-state index contributed by atoms with van der Waals surface area (Å²) in [4.78, 5) is 0. The molecule has 0 heterocycles. The summed E-state index contributed by atoms with van der Waals surface area (Å²) in [6, 6.07) is 0. The molecule has 0 aromatic carbocycles. The summed E-state index contributed by atoms with van der Waals surface area (Å²) in [5.41, 5.74) is 0. The molecule has 0 atom stereocenters. The predicted molar refractivity (Wildman–Crippen MR) is 110 cm³/mol. The summed E-state index contributed by atoms with van der Waals surface area (Å²) in [5, 5.41) is 2.05. The van der Waals surface area contributed by atoms with Crippen molar-refractivity contribution in [1.29, 1.82) is 0 Å². The first-order chi connectivity index (χ1) is 8.83. The zero-order valence-electron chi connectivity index (χ0n) is 18.1. The van der Waals surface area contributed by atoms with Crippen molar-refractivity contribution in [2.45, 2.75) is 104 Å². The van der Waals surface area contributed by atoms with Crippen molar-refractivity contribution in [3.63, 3.8) is 0 Å². The van der Waals surface area contributed by atoms with Gasteiger partial charge in [-0.3, -0.25) is 0 Å². The Labute approximate surface area is 158 Å². The van der Waals surface area contributed by atoms with E-state index >= 15 is 0 Å². The van der Waals surface area contributed by atoms with Gasteiger partial charge in [0.15, 0.2) is 0 Å². The molecule has 0 fully saturated rings. The summed E-state index contributed by atoms with van der Waals surface area (Å²) in [6.07, 6.45) is 0. The zero-order chi connectivity index (χ0) is 18.1. The molecule has 0 saturated carbocycles. The van der Waals surface area contributed by atoms with Crippen LogP contribution in [0.3, 0.4) is 0 Å². The molecule has 0 saturated heterocycles. The maximum absolute atomic E-state index is 4.81. The van der Waals surface area contributed by atoms with Crippen LogP contribution in [-0.4, -0.2) is 20.6 Å². The van der Waals surface area contributed by atoms with Crippen molar-refractivity contribution in [1.82, 2.24) is 0 Å². The average Bonchev–Trinajstić information content (AvgIpc) is 1.88. The molecule has 0 bridgehead atoms. The van der Waals surface area contributed by atoms with Crippen LogP contribution in [0.2, 0.25) is 0 Å². The molecule has 0 N–H and O–H groups in total. The minimum Gasteiger partial charge on any atom is 1.00 e. The summed E-state index contributed by atoms with van der Waals surface area (Å²) < 4.78 is 0. The van der Waals surface area contributed by atoms with Crippen LogP contribution in [0.25, 0.3) is 0 Å². The van der Waals surface area contributed by atoms with E-state index in [4.69, 9.17) is 19.1 Å². The van der Waals surface area contributed by atoms with Gasteiger partial charge in [0.05, 0.1) is 0 Å². The minimum atomic E-state index is -0.106. The van der Waals surface area contributed by atoms with Gasteiger partial charge in [0, 0.05) is 0 Å². The van der Waals surface area contributed by atoms with Gasteiger partial charge in [0.2, 0.25) is 0 Å². The van der Waals surface area contributed by atoms with Crippen LogP contribution in [-0.2, 0) is 15.9 Å². The third-order valence-corrected chi connectivity index (χ3v) is 4.50. The number of halogens is 2. The van der Waals surface area contributed by atoms with E-state index in [1.807, 2.05) is 0 Å². The van der Waals surface area contributed by atoms with E-state index in [9.17, 15) is 0 Å². The Morgan fingerprint density at radius 3 is 0.619 bits per heavy atom. The minimum absolute atomic E-state index is 0. The van der Waals surface area contributed by atoms with Gasteiger partial charge in [-0.1, -0.05) is 83.1 Å². The Kier molecular flexibility index (Phi) is 15.5. The summed E-state index contributed by atoms with van der Waals surface area (Å²) in [6.45, 7) is 27.6. The molecule has 0 aliphatic heterocycles. The van der Waals surface area contributed by atoms with Crippen molar-refractivity contribution < 1.29 is 18.8 Å². The molecule has 0 amide bonds. The molecule has 0 rings (SSSR count). The van der Waals surface area contributed by atoms with Gasteiger partial charge in [0.25, 0.3) is 0 Å². The van der Waals surface area contributed by atoms with Gasteiger partial charge in [0.1, 0.15) is 0 Å².